The van der Waals surface area contributed by atoms with Crippen molar-refractivity contribution < 1.29 is 20.1 Å². The van der Waals surface area contributed by atoms with Crippen molar-refractivity contribution in [2.75, 3.05) is 6.61 Å². The second-order valence-electron chi connectivity index (χ2n) is 5.11. The molecule has 1 fully saturated rings. The number of rotatable bonds is 3. The van der Waals surface area contributed by atoms with E-state index in [2.05, 4.69) is 25.0 Å². The number of hydrogen-bond acceptors (Lipinski definition) is 8. The Morgan fingerprint density at radius 1 is 1.61 bits per heavy atom. The van der Waals surface area contributed by atoms with E-state index in [0.29, 0.717) is 5.82 Å². The molecule has 1 aliphatic rings. The zero-order valence-electron chi connectivity index (χ0n) is 11.9. The Labute approximate surface area is 127 Å². The van der Waals surface area contributed by atoms with Crippen molar-refractivity contribution in [3.63, 3.8) is 0 Å². The van der Waals surface area contributed by atoms with Gasteiger partial charge in [-0.05, 0) is 12.5 Å². The van der Waals surface area contributed by atoms with Crippen molar-refractivity contribution in [1.29, 1.82) is 0 Å². The fourth-order valence-electron chi connectivity index (χ4n) is 2.57. The van der Waals surface area contributed by atoms with Gasteiger partial charge in [0.15, 0.2) is 17.4 Å². The zero-order chi connectivity index (χ0) is 16.8. The van der Waals surface area contributed by atoms with Crippen LogP contribution in [0.3, 0.4) is 0 Å². The maximum Gasteiger partial charge on any atom is 0.277 e. The number of aliphatic hydroxyl groups excluding tert-OH is 3. The minimum absolute atomic E-state index is 0.0153. The molecule has 0 aliphatic carbocycles. The Morgan fingerprint density at radius 2 is 2.35 bits per heavy atom. The van der Waals surface area contributed by atoms with Gasteiger partial charge in [-0.1, -0.05) is 5.11 Å². The van der Waals surface area contributed by atoms with E-state index < -0.39 is 36.3 Å². The third-order valence-electron chi connectivity index (χ3n) is 3.67. The van der Waals surface area contributed by atoms with Gasteiger partial charge in [0.25, 0.3) is 5.56 Å². The van der Waals surface area contributed by atoms with E-state index in [1.165, 1.54) is 10.9 Å². The average molecular weight is 323 g/mol. The van der Waals surface area contributed by atoms with Crippen molar-refractivity contribution in [3.8, 4) is 0 Å². The standard InChI is InChI=1S/C11H13N7O5/c1-4-14-8-5(9(22)15-4)18(3-13-8)10-6(20)7(21)11(2-19,23-10)16-17-12/h3,6-7,10,19-21H,2H2,1H3,(H,14,15,22)/t6-,7+,10-,11-/m1/s1. The van der Waals surface area contributed by atoms with Crippen LogP contribution < -0.4 is 5.56 Å². The highest BCUT2D eigenvalue weighted by Gasteiger charge is 2.55. The Kier molecular flexibility index (Phi) is 3.55. The molecule has 0 aromatic carbocycles. The van der Waals surface area contributed by atoms with E-state index in [1.54, 1.807) is 6.92 Å². The summed E-state index contributed by atoms with van der Waals surface area (Å²) in [6.07, 6.45) is -3.34. The van der Waals surface area contributed by atoms with Crippen molar-refractivity contribution in [3.05, 3.63) is 32.9 Å². The summed E-state index contributed by atoms with van der Waals surface area (Å²) in [5, 5.41) is 32.9. The maximum absolute atomic E-state index is 12.1. The quantitative estimate of drug-likeness (QED) is 0.306. The van der Waals surface area contributed by atoms with Gasteiger partial charge in [-0.3, -0.25) is 9.36 Å². The van der Waals surface area contributed by atoms with Crippen molar-refractivity contribution in [2.45, 2.75) is 31.1 Å². The summed E-state index contributed by atoms with van der Waals surface area (Å²) < 4.78 is 6.54. The second kappa shape index (κ2) is 5.30. The minimum atomic E-state index is -2.06. The molecule has 0 amide bonds. The molecule has 12 nitrogen and oxygen atoms in total. The summed E-state index contributed by atoms with van der Waals surface area (Å²) in [4.78, 5) is 25.1. The van der Waals surface area contributed by atoms with Crippen LogP contribution in [-0.4, -0.2) is 59.4 Å². The van der Waals surface area contributed by atoms with E-state index in [1.807, 2.05) is 0 Å². The third-order valence-corrected chi connectivity index (χ3v) is 3.67. The molecule has 12 heteroatoms. The number of ether oxygens (including phenoxy) is 1. The maximum atomic E-state index is 12.1. The number of nitrogens with zero attached hydrogens (tertiary/aromatic N) is 6. The van der Waals surface area contributed by atoms with Crippen LogP contribution in [0, 0.1) is 6.92 Å². The normalized spacial score (nSPS) is 30.5. The Hall–Kier alpha value is -2.50. The lowest BCUT2D eigenvalue weighted by Gasteiger charge is -2.23. The lowest BCUT2D eigenvalue weighted by Crippen LogP contribution is -2.44. The van der Waals surface area contributed by atoms with Crippen LogP contribution >= 0.6 is 0 Å². The molecule has 3 rings (SSSR count). The number of aryl methyl sites for hydroxylation is 1. The molecule has 0 unspecified atom stereocenters. The van der Waals surface area contributed by atoms with Gasteiger partial charge >= 0.3 is 0 Å². The summed E-state index contributed by atoms with van der Waals surface area (Å²) in [5.41, 5.74) is 6.15. The topological polar surface area (TPSA) is 182 Å². The number of aromatic amines is 1. The molecular weight excluding hydrogens is 310 g/mol. The molecule has 4 atom stereocenters. The number of imidazole rings is 1. The summed E-state index contributed by atoms with van der Waals surface area (Å²) >= 11 is 0. The van der Waals surface area contributed by atoms with Gasteiger partial charge in [0.1, 0.15) is 24.4 Å². The van der Waals surface area contributed by atoms with Gasteiger partial charge in [0.2, 0.25) is 5.72 Å². The molecule has 2 aromatic rings. The van der Waals surface area contributed by atoms with Crippen molar-refractivity contribution >= 4 is 11.2 Å². The first kappa shape index (κ1) is 15.4. The molecular formula is C11H13N7O5. The van der Waals surface area contributed by atoms with Crippen LogP contribution in [0.5, 0.6) is 0 Å². The van der Waals surface area contributed by atoms with E-state index in [4.69, 9.17) is 10.3 Å². The van der Waals surface area contributed by atoms with Gasteiger partial charge in [-0.25, -0.2) is 9.97 Å². The lowest BCUT2D eigenvalue weighted by atomic mass is 10.1. The molecule has 2 aromatic heterocycles. The van der Waals surface area contributed by atoms with Crippen molar-refractivity contribution in [2.24, 2.45) is 5.11 Å². The number of aromatic nitrogens is 4. The number of H-pyrrole nitrogens is 1. The molecule has 0 bridgehead atoms. The first-order valence-electron chi connectivity index (χ1n) is 6.58. The third kappa shape index (κ3) is 2.17. The monoisotopic (exact) mass is 323 g/mol. The van der Waals surface area contributed by atoms with Crippen LogP contribution in [0.1, 0.15) is 12.1 Å². The fourth-order valence-corrected chi connectivity index (χ4v) is 2.57. The van der Waals surface area contributed by atoms with Crippen LogP contribution in [-0.2, 0) is 4.74 Å². The molecule has 23 heavy (non-hydrogen) atoms. The Morgan fingerprint density at radius 3 is 3.00 bits per heavy atom. The van der Waals surface area contributed by atoms with E-state index >= 15 is 0 Å². The first-order valence-corrected chi connectivity index (χ1v) is 6.58. The predicted molar refractivity (Wildman–Crippen MR) is 74.0 cm³/mol. The molecule has 0 saturated carbocycles. The highest BCUT2D eigenvalue weighted by Crippen LogP contribution is 2.38. The van der Waals surface area contributed by atoms with Gasteiger partial charge in [0.05, 0.1) is 6.61 Å². The Bertz CT molecular complexity index is 856. The molecule has 122 valence electrons. The SMILES string of the molecule is Cc1nc2ncn([C@@H]3O[C@@](CO)(N=[N+]=[N-])[C@@H](O)[C@H]3O)c2c(=O)[nH]1. The number of nitrogens with one attached hydrogen (secondary N) is 1. The fraction of sp³-hybridized carbons (Fsp3) is 0.545. The van der Waals surface area contributed by atoms with Gasteiger partial charge < -0.3 is 25.0 Å². The highest BCUT2D eigenvalue weighted by molar-refractivity contribution is 5.69. The number of aliphatic hydroxyl groups is 3. The second-order valence-corrected chi connectivity index (χ2v) is 5.11. The van der Waals surface area contributed by atoms with E-state index in [9.17, 15) is 20.1 Å². The molecule has 0 spiro atoms. The molecule has 0 radical (unpaired) electrons. The average Bonchev–Trinajstić information content (AvgIpc) is 3.03. The minimum Gasteiger partial charge on any atom is -0.393 e. The lowest BCUT2D eigenvalue weighted by molar-refractivity contribution is -0.123. The summed E-state index contributed by atoms with van der Waals surface area (Å²) in [5.74, 6) is 0.361. The molecule has 4 N–H and O–H groups in total. The van der Waals surface area contributed by atoms with E-state index in [0.717, 1.165) is 0 Å². The number of fused-ring (bicyclic) bond motifs is 1. The Balaban J connectivity index is 2.13. The van der Waals surface area contributed by atoms with Gasteiger partial charge in [-0.2, -0.15) is 0 Å². The number of azide groups is 1. The van der Waals surface area contributed by atoms with Crippen LogP contribution in [0.25, 0.3) is 21.6 Å². The van der Waals surface area contributed by atoms with Gasteiger partial charge in [0, 0.05) is 4.91 Å². The largest absolute Gasteiger partial charge is 0.393 e. The molecule has 1 aliphatic heterocycles. The first-order chi connectivity index (χ1) is 10.9. The summed E-state index contributed by atoms with van der Waals surface area (Å²) in [6, 6.07) is 0. The van der Waals surface area contributed by atoms with Crippen molar-refractivity contribution in [1.82, 2.24) is 19.5 Å². The van der Waals surface area contributed by atoms with Crippen LogP contribution in [0.4, 0.5) is 0 Å². The smallest absolute Gasteiger partial charge is 0.277 e. The number of hydrogen-bond donors (Lipinski definition) is 4. The summed E-state index contributed by atoms with van der Waals surface area (Å²) in [7, 11) is 0. The highest BCUT2D eigenvalue weighted by atomic mass is 16.6. The molecule has 1 saturated heterocycles. The van der Waals surface area contributed by atoms with Gasteiger partial charge in [-0.15, -0.1) is 0 Å². The molecule has 3 heterocycles. The van der Waals surface area contributed by atoms with Crippen LogP contribution in [0.2, 0.25) is 0 Å². The van der Waals surface area contributed by atoms with E-state index in [-0.39, 0.29) is 11.2 Å². The predicted octanol–water partition coefficient (Wildman–Crippen LogP) is -1.32. The zero-order valence-corrected chi connectivity index (χ0v) is 11.9. The summed E-state index contributed by atoms with van der Waals surface area (Å²) in [6.45, 7) is 0.731. The van der Waals surface area contributed by atoms with Crippen LogP contribution in [0.15, 0.2) is 16.2 Å².